The van der Waals surface area contributed by atoms with Gasteiger partial charge in [0.05, 0.1) is 0 Å². The average molecular weight is 157 g/mol. The van der Waals surface area contributed by atoms with E-state index in [9.17, 15) is 9.90 Å². The molecular formula is C8H13O3. The van der Waals surface area contributed by atoms with E-state index in [1.54, 1.807) is 0 Å². The van der Waals surface area contributed by atoms with E-state index < -0.39 is 12.1 Å². The zero-order valence-corrected chi connectivity index (χ0v) is 6.71. The van der Waals surface area contributed by atoms with Crippen molar-refractivity contribution in [2.45, 2.75) is 44.8 Å². The summed E-state index contributed by atoms with van der Waals surface area (Å²) in [5, 5.41) is 10.5. The van der Waals surface area contributed by atoms with E-state index in [2.05, 4.69) is 0 Å². The fraction of sp³-hybridized carbons (Fsp3) is 0.875. The highest BCUT2D eigenvalue weighted by Gasteiger charge is 2.21. The third-order valence-corrected chi connectivity index (χ3v) is 1.92. The Balaban J connectivity index is 2.24. The Morgan fingerprint density at radius 3 is 2.45 bits per heavy atom. The summed E-state index contributed by atoms with van der Waals surface area (Å²) < 4.78 is 4.92. The molecule has 63 valence electrons. The van der Waals surface area contributed by atoms with Crippen molar-refractivity contribution >= 4 is 5.97 Å². The van der Waals surface area contributed by atoms with E-state index in [4.69, 9.17) is 4.74 Å². The molecule has 0 amide bonds. The molecule has 11 heavy (non-hydrogen) atoms. The Labute approximate surface area is 66.4 Å². The van der Waals surface area contributed by atoms with Gasteiger partial charge >= 0.3 is 5.97 Å². The zero-order valence-electron chi connectivity index (χ0n) is 6.71. The Kier molecular flexibility index (Phi) is 2.88. The van der Waals surface area contributed by atoms with Crippen LogP contribution in [0, 0.1) is 0 Å². The van der Waals surface area contributed by atoms with Gasteiger partial charge in [0.2, 0.25) is 0 Å². The molecule has 1 saturated carbocycles. The highest BCUT2D eigenvalue weighted by molar-refractivity contribution is 5.73. The van der Waals surface area contributed by atoms with Gasteiger partial charge in [-0.1, -0.05) is 0 Å². The molecule has 1 atom stereocenters. The van der Waals surface area contributed by atoms with Gasteiger partial charge in [-0.3, -0.25) is 0 Å². The highest BCUT2D eigenvalue weighted by Crippen LogP contribution is 2.21. The van der Waals surface area contributed by atoms with Gasteiger partial charge in [-0.25, -0.2) is 9.90 Å². The minimum Gasteiger partial charge on any atom is -0.460 e. The van der Waals surface area contributed by atoms with Crippen molar-refractivity contribution in [2.24, 2.45) is 0 Å². The van der Waals surface area contributed by atoms with Crippen LogP contribution < -0.4 is 0 Å². The maximum absolute atomic E-state index is 10.8. The van der Waals surface area contributed by atoms with E-state index in [1.165, 1.54) is 6.92 Å². The van der Waals surface area contributed by atoms with Gasteiger partial charge in [0.25, 0.3) is 0 Å². The molecule has 1 rings (SSSR count). The number of ether oxygens (including phenoxy) is 1. The Morgan fingerprint density at radius 2 is 2.00 bits per heavy atom. The lowest BCUT2D eigenvalue weighted by Gasteiger charge is -2.11. The molecule has 0 aromatic heterocycles. The molecular weight excluding hydrogens is 144 g/mol. The van der Waals surface area contributed by atoms with E-state index in [0.29, 0.717) is 0 Å². The van der Waals surface area contributed by atoms with E-state index in [0.717, 1.165) is 25.7 Å². The lowest BCUT2D eigenvalue weighted by Crippen LogP contribution is -2.23. The molecule has 3 heteroatoms. The minimum absolute atomic E-state index is 0.0268. The van der Waals surface area contributed by atoms with Crippen LogP contribution in [-0.2, 0) is 14.6 Å². The molecule has 0 heterocycles. The number of rotatable bonds is 2. The first-order chi connectivity index (χ1) is 5.20. The fourth-order valence-electron chi connectivity index (χ4n) is 1.27. The summed E-state index contributed by atoms with van der Waals surface area (Å²) in [4.78, 5) is 10.8. The topological polar surface area (TPSA) is 46.2 Å². The molecule has 0 aromatic carbocycles. The van der Waals surface area contributed by atoms with Crippen LogP contribution in [0.3, 0.4) is 0 Å². The van der Waals surface area contributed by atoms with E-state index in [-0.39, 0.29) is 6.10 Å². The average Bonchev–Trinajstić information content (AvgIpc) is 2.39. The fourth-order valence-corrected chi connectivity index (χ4v) is 1.27. The normalized spacial score (nSPS) is 21.6. The van der Waals surface area contributed by atoms with E-state index in [1.807, 2.05) is 0 Å². The second-order valence-electron chi connectivity index (χ2n) is 2.99. The summed E-state index contributed by atoms with van der Waals surface area (Å²) in [5.41, 5.74) is 0. The molecule has 0 aliphatic heterocycles. The molecule has 0 N–H and O–H groups in total. The van der Waals surface area contributed by atoms with Gasteiger partial charge in [0.15, 0.2) is 6.10 Å². The predicted octanol–water partition coefficient (Wildman–Crippen LogP) is 1.29. The summed E-state index contributed by atoms with van der Waals surface area (Å²) in [5.74, 6) is -0.600. The molecule has 0 spiro atoms. The molecule has 3 nitrogen and oxygen atoms in total. The van der Waals surface area contributed by atoms with Crippen LogP contribution in [0.4, 0.5) is 0 Å². The van der Waals surface area contributed by atoms with Crippen LogP contribution in [0.15, 0.2) is 0 Å². The quantitative estimate of drug-likeness (QED) is 0.567. The summed E-state index contributed by atoms with van der Waals surface area (Å²) in [6, 6.07) is 0. The van der Waals surface area contributed by atoms with Crippen LogP contribution in [0.25, 0.3) is 0 Å². The molecule has 1 unspecified atom stereocenters. The SMILES string of the molecule is CC([O])C(=O)OC1CCCC1. The number of hydrogen-bond donors (Lipinski definition) is 0. The Bertz CT molecular complexity index is 136. The summed E-state index contributed by atoms with van der Waals surface area (Å²) in [6.45, 7) is 1.32. The smallest absolute Gasteiger partial charge is 0.338 e. The van der Waals surface area contributed by atoms with Crippen molar-refractivity contribution in [3.63, 3.8) is 0 Å². The largest absolute Gasteiger partial charge is 0.460 e. The molecule has 0 aromatic rings. The van der Waals surface area contributed by atoms with Gasteiger partial charge < -0.3 is 4.74 Å². The Hall–Kier alpha value is -0.570. The van der Waals surface area contributed by atoms with Crippen LogP contribution in [0.1, 0.15) is 32.6 Å². The van der Waals surface area contributed by atoms with Crippen molar-refractivity contribution < 1.29 is 14.6 Å². The Morgan fingerprint density at radius 1 is 1.45 bits per heavy atom. The molecule has 0 saturated heterocycles. The van der Waals surface area contributed by atoms with Gasteiger partial charge in [0.1, 0.15) is 6.10 Å². The molecule has 1 aliphatic carbocycles. The molecule has 1 aliphatic rings. The zero-order chi connectivity index (χ0) is 8.27. The van der Waals surface area contributed by atoms with Gasteiger partial charge in [0, 0.05) is 0 Å². The first-order valence-electron chi connectivity index (χ1n) is 4.06. The van der Waals surface area contributed by atoms with Crippen molar-refractivity contribution in [3.05, 3.63) is 0 Å². The number of carbonyl (C=O) groups is 1. The minimum atomic E-state index is -1.23. The second-order valence-corrected chi connectivity index (χ2v) is 2.99. The van der Waals surface area contributed by atoms with Crippen LogP contribution in [0.2, 0.25) is 0 Å². The van der Waals surface area contributed by atoms with E-state index >= 15 is 0 Å². The first-order valence-corrected chi connectivity index (χ1v) is 4.06. The third-order valence-electron chi connectivity index (χ3n) is 1.92. The number of esters is 1. The second kappa shape index (κ2) is 3.72. The van der Waals surface area contributed by atoms with Gasteiger partial charge in [-0.15, -0.1) is 0 Å². The summed E-state index contributed by atoms with van der Waals surface area (Å²) in [7, 11) is 0. The summed E-state index contributed by atoms with van der Waals surface area (Å²) in [6.07, 6.45) is 2.89. The maximum Gasteiger partial charge on any atom is 0.338 e. The first kappa shape index (κ1) is 8.53. The van der Waals surface area contributed by atoms with Crippen LogP contribution in [0.5, 0.6) is 0 Å². The number of hydrogen-bond acceptors (Lipinski definition) is 2. The monoisotopic (exact) mass is 157 g/mol. The standard InChI is InChI=1S/C8H13O3/c1-6(9)8(10)11-7-4-2-3-5-7/h6-7H,2-5H2,1H3. The molecule has 1 radical (unpaired) electrons. The molecule has 0 bridgehead atoms. The molecule has 1 fully saturated rings. The van der Waals surface area contributed by atoms with Gasteiger partial charge in [-0.05, 0) is 32.6 Å². The highest BCUT2D eigenvalue weighted by atomic mass is 16.6. The predicted molar refractivity (Wildman–Crippen MR) is 38.5 cm³/mol. The maximum atomic E-state index is 10.8. The lowest BCUT2D eigenvalue weighted by atomic mass is 10.3. The van der Waals surface area contributed by atoms with Crippen molar-refractivity contribution in [2.75, 3.05) is 0 Å². The lowest BCUT2D eigenvalue weighted by molar-refractivity contribution is -0.161. The van der Waals surface area contributed by atoms with Crippen molar-refractivity contribution in [1.29, 1.82) is 0 Å². The van der Waals surface area contributed by atoms with Crippen LogP contribution >= 0.6 is 0 Å². The third kappa shape index (κ3) is 2.50. The van der Waals surface area contributed by atoms with Crippen molar-refractivity contribution in [1.82, 2.24) is 0 Å². The number of carbonyl (C=O) groups excluding carboxylic acids is 1. The summed E-state index contributed by atoms with van der Waals surface area (Å²) >= 11 is 0. The van der Waals surface area contributed by atoms with Crippen LogP contribution in [-0.4, -0.2) is 18.2 Å². The van der Waals surface area contributed by atoms with Crippen molar-refractivity contribution in [3.8, 4) is 0 Å². The van der Waals surface area contributed by atoms with Gasteiger partial charge in [-0.2, -0.15) is 0 Å².